The van der Waals surface area contributed by atoms with E-state index in [9.17, 15) is 9.59 Å². The topological polar surface area (TPSA) is 83.0 Å². The fourth-order valence-corrected chi connectivity index (χ4v) is 7.17. The van der Waals surface area contributed by atoms with Crippen molar-refractivity contribution in [2.24, 2.45) is 0 Å². The molecule has 0 amide bonds. The fraction of sp³-hybridized carbons (Fsp3) is 0.240. The summed E-state index contributed by atoms with van der Waals surface area (Å²) in [5, 5.41) is 1.03. The number of halogens is 1. The number of methoxy groups -OCH3 is 2. The minimum Gasteiger partial charge on any atom is -0.496 e. The highest BCUT2D eigenvalue weighted by Crippen LogP contribution is 2.39. The van der Waals surface area contributed by atoms with Gasteiger partial charge in [0.15, 0.2) is 0 Å². The van der Waals surface area contributed by atoms with Crippen LogP contribution < -0.4 is 25.1 Å². The molecule has 7 nitrogen and oxygen atoms in total. The predicted molar refractivity (Wildman–Crippen MR) is 139 cm³/mol. The molecular formula is C25H19ClN2O5S2. The maximum absolute atomic E-state index is 13.4. The number of benzene rings is 1. The van der Waals surface area contributed by atoms with Crippen LogP contribution in [0.4, 0.5) is 0 Å². The number of aryl methyl sites for hydroxylation is 2. The zero-order valence-corrected chi connectivity index (χ0v) is 21.2. The molecule has 1 aliphatic carbocycles. The van der Waals surface area contributed by atoms with Gasteiger partial charge in [-0.3, -0.25) is 9.59 Å². The van der Waals surface area contributed by atoms with Gasteiger partial charge in [0.2, 0.25) is 4.96 Å². The first-order valence-electron chi connectivity index (χ1n) is 11.0. The van der Waals surface area contributed by atoms with E-state index >= 15 is 0 Å². The second-order valence-electron chi connectivity index (χ2n) is 8.23. The molecule has 10 heteroatoms. The summed E-state index contributed by atoms with van der Waals surface area (Å²) in [6.07, 6.45) is 5.65. The highest BCUT2D eigenvalue weighted by atomic mass is 35.5. The van der Waals surface area contributed by atoms with Crippen LogP contribution in [0.1, 0.15) is 29.0 Å². The van der Waals surface area contributed by atoms with E-state index in [1.807, 2.05) is 0 Å². The zero-order valence-electron chi connectivity index (χ0n) is 18.8. The molecule has 0 saturated heterocycles. The van der Waals surface area contributed by atoms with Crippen LogP contribution in [0.2, 0.25) is 5.02 Å². The van der Waals surface area contributed by atoms with Gasteiger partial charge < -0.3 is 13.9 Å². The molecule has 4 heterocycles. The molecule has 0 aliphatic heterocycles. The average molecular weight is 527 g/mol. The smallest absolute Gasteiger partial charge is 0.282 e. The number of furan rings is 1. The third-order valence-electron chi connectivity index (χ3n) is 6.21. The fourth-order valence-electron chi connectivity index (χ4n) is 4.56. The molecule has 5 aromatic rings. The quantitative estimate of drug-likeness (QED) is 0.338. The molecule has 6 rings (SSSR count). The molecule has 0 fully saturated rings. The molecule has 1 aromatic carbocycles. The lowest BCUT2D eigenvalue weighted by atomic mass is 9.97. The summed E-state index contributed by atoms with van der Waals surface area (Å²) in [5.74, 6) is 2.06. The summed E-state index contributed by atoms with van der Waals surface area (Å²) >= 11 is 8.94. The zero-order chi connectivity index (χ0) is 24.3. The van der Waals surface area contributed by atoms with Gasteiger partial charge in [-0.2, -0.15) is 4.98 Å². The molecule has 1 aliphatic rings. The molecule has 0 saturated carbocycles. The maximum atomic E-state index is 13.4. The van der Waals surface area contributed by atoms with Crippen molar-refractivity contribution < 1.29 is 13.9 Å². The summed E-state index contributed by atoms with van der Waals surface area (Å²) in [4.78, 5) is 32.8. The summed E-state index contributed by atoms with van der Waals surface area (Å²) in [7, 11) is 3.09. The van der Waals surface area contributed by atoms with Crippen molar-refractivity contribution in [2.45, 2.75) is 25.7 Å². The third kappa shape index (κ3) is 3.57. The molecule has 0 atom stereocenters. The first kappa shape index (κ1) is 22.3. The van der Waals surface area contributed by atoms with Gasteiger partial charge in [-0.25, -0.2) is 4.40 Å². The Bertz CT molecular complexity index is 1800. The molecule has 0 bridgehead atoms. The number of thiazole rings is 1. The molecule has 0 N–H and O–H groups in total. The van der Waals surface area contributed by atoms with E-state index in [1.54, 1.807) is 53.2 Å². The number of rotatable bonds is 4. The minimum atomic E-state index is -0.253. The van der Waals surface area contributed by atoms with Gasteiger partial charge in [0.1, 0.15) is 32.4 Å². The summed E-state index contributed by atoms with van der Waals surface area (Å²) in [6, 6.07) is 6.98. The Hall–Kier alpha value is -3.14. The summed E-state index contributed by atoms with van der Waals surface area (Å²) in [6.45, 7) is 0. The lowest BCUT2D eigenvalue weighted by Crippen LogP contribution is -2.24. The van der Waals surface area contributed by atoms with Crippen molar-refractivity contribution in [1.29, 1.82) is 0 Å². The first-order valence-corrected chi connectivity index (χ1v) is 13.0. The first-order chi connectivity index (χ1) is 17.0. The molecule has 0 radical (unpaired) electrons. The summed E-state index contributed by atoms with van der Waals surface area (Å²) in [5.41, 5.74) is 1.29. The second kappa shape index (κ2) is 8.51. The number of fused-ring (bicyclic) bond motifs is 5. The molecule has 4 aromatic heterocycles. The van der Waals surface area contributed by atoms with Gasteiger partial charge in [0, 0.05) is 17.0 Å². The van der Waals surface area contributed by atoms with Crippen LogP contribution in [0, 0.1) is 0 Å². The molecular weight excluding hydrogens is 508 g/mol. The van der Waals surface area contributed by atoms with Crippen LogP contribution in [0.5, 0.6) is 11.5 Å². The van der Waals surface area contributed by atoms with Crippen LogP contribution in [0.3, 0.4) is 0 Å². The molecule has 35 heavy (non-hydrogen) atoms. The minimum absolute atomic E-state index is 0.204. The van der Waals surface area contributed by atoms with Crippen molar-refractivity contribution in [3.63, 3.8) is 0 Å². The largest absolute Gasteiger partial charge is 0.496 e. The van der Waals surface area contributed by atoms with Gasteiger partial charge in [-0.05, 0) is 49.4 Å². The van der Waals surface area contributed by atoms with E-state index < -0.39 is 0 Å². The van der Waals surface area contributed by atoms with Gasteiger partial charge in [0.05, 0.1) is 30.2 Å². The Labute approximate surface area is 211 Å². The van der Waals surface area contributed by atoms with Crippen LogP contribution in [0.25, 0.3) is 32.6 Å². The standard InChI is InChI=1S/C25H19ClN2O5S2/c1-31-17-11-15(26)18(32-2)10-14(17)16-8-7-12(33-16)9-20-23(30)28-24-21(22(29)27-25(28)35-20)13-5-3-4-6-19(13)34-24/h7-11H,3-6H2,1-2H3/b20-9+. The second-order valence-corrected chi connectivity index (χ2v) is 10.7. The van der Waals surface area contributed by atoms with Crippen LogP contribution in [0.15, 0.2) is 38.3 Å². The van der Waals surface area contributed by atoms with Gasteiger partial charge in [0.25, 0.3) is 11.1 Å². The number of thiophene rings is 1. The Morgan fingerprint density at radius 3 is 2.69 bits per heavy atom. The Morgan fingerprint density at radius 1 is 1.09 bits per heavy atom. The van der Waals surface area contributed by atoms with Gasteiger partial charge in [-0.1, -0.05) is 22.9 Å². The molecule has 0 spiro atoms. The van der Waals surface area contributed by atoms with Crippen LogP contribution in [-0.2, 0) is 12.8 Å². The number of aromatic nitrogens is 2. The average Bonchev–Trinajstić information content (AvgIpc) is 3.55. The SMILES string of the molecule is COc1cc(-c2ccc(/C=c3/sc4nc(=O)c5c6c(sc5n4c3=O)CCCC6)o2)c(OC)cc1Cl. The van der Waals surface area contributed by atoms with Crippen LogP contribution in [-0.4, -0.2) is 23.6 Å². The van der Waals surface area contributed by atoms with E-state index in [-0.39, 0.29) is 11.1 Å². The third-order valence-corrected chi connectivity index (χ3v) is 8.75. The van der Waals surface area contributed by atoms with Crippen molar-refractivity contribution in [3.05, 3.63) is 70.7 Å². The molecule has 0 unspecified atom stereocenters. The van der Waals surface area contributed by atoms with E-state index in [2.05, 4.69) is 4.98 Å². The normalized spacial score (nSPS) is 14.1. The van der Waals surface area contributed by atoms with E-state index in [0.717, 1.165) is 31.2 Å². The van der Waals surface area contributed by atoms with Crippen molar-refractivity contribution in [1.82, 2.24) is 9.38 Å². The maximum Gasteiger partial charge on any atom is 0.282 e. The van der Waals surface area contributed by atoms with Crippen molar-refractivity contribution in [2.75, 3.05) is 14.2 Å². The Kier molecular flexibility index (Phi) is 5.43. The highest BCUT2D eigenvalue weighted by molar-refractivity contribution is 7.19. The number of nitrogens with zero attached hydrogens (tertiary/aromatic N) is 2. The van der Waals surface area contributed by atoms with E-state index in [0.29, 0.717) is 53.3 Å². The van der Waals surface area contributed by atoms with Gasteiger partial charge in [-0.15, -0.1) is 11.3 Å². The monoisotopic (exact) mass is 526 g/mol. The lowest BCUT2D eigenvalue weighted by Gasteiger charge is -2.10. The Balaban J connectivity index is 1.49. The lowest BCUT2D eigenvalue weighted by molar-refractivity contribution is 0.403. The number of hydrogen-bond donors (Lipinski definition) is 0. The van der Waals surface area contributed by atoms with Crippen molar-refractivity contribution >= 4 is 55.5 Å². The van der Waals surface area contributed by atoms with E-state index in [1.165, 1.54) is 23.3 Å². The van der Waals surface area contributed by atoms with Crippen molar-refractivity contribution in [3.8, 4) is 22.8 Å². The van der Waals surface area contributed by atoms with Crippen LogP contribution >= 0.6 is 34.3 Å². The number of ether oxygens (including phenoxy) is 2. The predicted octanol–water partition coefficient (Wildman–Crippen LogP) is 4.69. The Morgan fingerprint density at radius 2 is 1.89 bits per heavy atom. The highest BCUT2D eigenvalue weighted by Gasteiger charge is 2.22. The molecule has 178 valence electrons. The van der Waals surface area contributed by atoms with Gasteiger partial charge >= 0.3 is 0 Å². The van der Waals surface area contributed by atoms with E-state index in [4.69, 9.17) is 25.5 Å². The number of hydrogen-bond acceptors (Lipinski definition) is 8. The summed E-state index contributed by atoms with van der Waals surface area (Å²) < 4.78 is 18.8.